The van der Waals surface area contributed by atoms with Gasteiger partial charge in [-0.05, 0) is 30.7 Å². The molecule has 0 atom stereocenters. The van der Waals surface area contributed by atoms with Crippen molar-refractivity contribution in [2.75, 3.05) is 0 Å². The van der Waals surface area contributed by atoms with Gasteiger partial charge in [0.25, 0.3) is 0 Å². The van der Waals surface area contributed by atoms with E-state index in [0.717, 1.165) is 11.1 Å². The zero-order chi connectivity index (χ0) is 13.4. The van der Waals surface area contributed by atoms with Crippen LogP contribution in [0.25, 0.3) is 22.1 Å². The van der Waals surface area contributed by atoms with Crippen LogP contribution in [-0.4, -0.2) is 0 Å². The third-order valence-corrected chi connectivity index (χ3v) is 3.30. The molecule has 0 radical (unpaired) electrons. The highest BCUT2D eigenvalue weighted by Gasteiger charge is 2.09. The number of benzene rings is 2. The predicted molar refractivity (Wildman–Crippen MR) is 77.7 cm³/mol. The molecule has 0 aliphatic heterocycles. The maximum Gasteiger partial charge on any atom is 0.200 e. The average molecular weight is 271 g/mol. The Morgan fingerprint density at radius 2 is 1.95 bits per heavy atom. The van der Waals surface area contributed by atoms with Crippen LogP contribution in [0.2, 0.25) is 5.02 Å². The molecule has 3 aromatic rings. The Morgan fingerprint density at radius 1 is 1.11 bits per heavy atom. The molecular formula is C16H11ClO2. The number of aryl methyl sites for hydroxylation is 1. The van der Waals surface area contributed by atoms with E-state index in [0.29, 0.717) is 21.6 Å². The normalized spacial score (nSPS) is 10.8. The van der Waals surface area contributed by atoms with E-state index in [1.54, 1.807) is 18.2 Å². The van der Waals surface area contributed by atoms with E-state index >= 15 is 0 Å². The van der Waals surface area contributed by atoms with Gasteiger partial charge in [0.15, 0.2) is 0 Å². The second-order valence-corrected chi connectivity index (χ2v) is 4.92. The van der Waals surface area contributed by atoms with Crippen molar-refractivity contribution in [2.24, 2.45) is 0 Å². The van der Waals surface area contributed by atoms with E-state index in [9.17, 15) is 4.79 Å². The Bertz CT molecular complexity index is 818. The summed E-state index contributed by atoms with van der Waals surface area (Å²) in [7, 11) is 0. The van der Waals surface area contributed by atoms with Gasteiger partial charge in [-0.3, -0.25) is 4.79 Å². The molecule has 3 rings (SSSR count). The maximum absolute atomic E-state index is 12.5. The Morgan fingerprint density at radius 3 is 2.74 bits per heavy atom. The molecule has 1 aromatic heterocycles. The van der Waals surface area contributed by atoms with Crippen LogP contribution < -0.4 is 5.43 Å². The minimum Gasteiger partial charge on any atom is -0.463 e. The first-order valence-electron chi connectivity index (χ1n) is 5.93. The summed E-state index contributed by atoms with van der Waals surface area (Å²) in [5, 5.41) is 1.03. The van der Waals surface area contributed by atoms with Gasteiger partial charge in [0.05, 0.1) is 10.9 Å². The summed E-state index contributed by atoms with van der Waals surface area (Å²) in [6.07, 6.45) is 1.51. The molecule has 2 aromatic carbocycles. The van der Waals surface area contributed by atoms with Crippen LogP contribution in [0.3, 0.4) is 0 Å². The first-order chi connectivity index (χ1) is 9.15. The monoisotopic (exact) mass is 270 g/mol. The lowest BCUT2D eigenvalue weighted by Gasteiger charge is -2.04. The first kappa shape index (κ1) is 12.0. The summed E-state index contributed by atoms with van der Waals surface area (Å²) >= 11 is 5.93. The van der Waals surface area contributed by atoms with Gasteiger partial charge in [0.1, 0.15) is 11.8 Å². The van der Waals surface area contributed by atoms with Gasteiger partial charge in [0, 0.05) is 5.02 Å². The fourth-order valence-corrected chi connectivity index (χ4v) is 2.29. The van der Waals surface area contributed by atoms with Crippen LogP contribution in [0.15, 0.2) is 57.9 Å². The minimum absolute atomic E-state index is 0.0608. The zero-order valence-electron chi connectivity index (χ0n) is 10.3. The second-order valence-electron chi connectivity index (χ2n) is 4.49. The summed E-state index contributed by atoms with van der Waals surface area (Å²) in [5.74, 6) is 0. The SMILES string of the molecule is Cc1cccc(-c2coc3ccc(Cl)cc3c2=O)c1. The van der Waals surface area contributed by atoms with Gasteiger partial charge in [0.2, 0.25) is 5.43 Å². The molecule has 19 heavy (non-hydrogen) atoms. The van der Waals surface area contributed by atoms with Crippen molar-refractivity contribution in [1.29, 1.82) is 0 Å². The van der Waals surface area contributed by atoms with E-state index < -0.39 is 0 Å². The number of fused-ring (bicyclic) bond motifs is 1. The summed E-state index contributed by atoms with van der Waals surface area (Å²) < 4.78 is 5.51. The van der Waals surface area contributed by atoms with Gasteiger partial charge < -0.3 is 4.42 Å². The number of rotatable bonds is 1. The van der Waals surface area contributed by atoms with E-state index in [1.165, 1.54) is 6.26 Å². The van der Waals surface area contributed by atoms with Crippen molar-refractivity contribution < 1.29 is 4.42 Å². The van der Waals surface area contributed by atoms with Crippen LogP contribution in [-0.2, 0) is 0 Å². The molecule has 3 heteroatoms. The third-order valence-electron chi connectivity index (χ3n) is 3.06. The Kier molecular flexibility index (Phi) is 2.88. The van der Waals surface area contributed by atoms with Crippen LogP contribution in [0.4, 0.5) is 0 Å². The van der Waals surface area contributed by atoms with E-state index in [2.05, 4.69) is 0 Å². The standard InChI is InChI=1S/C16H11ClO2/c1-10-3-2-4-11(7-10)14-9-19-15-6-5-12(17)8-13(15)16(14)18/h2-9H,1H3. The molecule has 0 aliphatic rings. The summed E-state index contributed by atoms with van der Waals surface area (Å²) in [4.78, 5) is 12.5. The van der Waals surface area contributed by atoms with Gasteiger partial charge >= 0.3 is 0 Å². The molecule has 0 saturated carbocycles. The lowest BCUT2D eigenvalue weighted by molar-refractivity contribution is 0.604. The van der Waals surface area contributed by atoms with E-state index in [4.69, 9.17) is 16.0 Å². The van der Waals surface area contributed by atoms with Crippen molar-refractivity contribution in [2.45, 2.75) is 6.92 Å². The van der Waals surface area contributed by atoms with Crippen molar-refractivity contribution in [1.82, 2.24) is 0 Å². The predicted octanol–water partition coefficient (Wildman–Crippen LogP) is 4.42. The molecule has 0 aliphatic carbocycles. The molecule has 94 valence electrons. The quantitative estimate of drug-likeness (QED) is 0.655. The van der Waals surface area contributed by atoms with E-state index in [1.807, 2.05) is 31.2 Å². The van der Waals surface area contributed by atoms with Gasteiger partial charge in [-0.15, -0.1) is 0 Å². The highest BCUT2D eigenvalue weighted by molar-refractivity contribution is 6.31. The van der Waals surface area contributed by atoms with Crippen molar-refractivity contribution in [3.8, 4) is 11.1 Å². The van der Waals surface area contributed by atoms with Gasteiger partial charge in [-0.1, -0.05) is 41.4 Å². The third kappa shape index (κ3) is 2.15. The van der Waals surface area contributed by atoms with Crippen molar-refractivity contribution in [3.05, 3.63) is 69.5 Å². The lowest BCUT2D eigenvalue weighted by atomic mass is 10.0. The fourth-order valence-electron chi connectivity index (χ4n) is 2.12. The van der Waals surface area contributed by atoms with E-state index in [-0.39, 0.29) is 5.43 Å². The largest absolute Gasteiger partial charge is 0.463 e. The van der Waals surface area contributed by atoms with Gasteiger partial charge in [-0.25, -0.2) is 0 Å². The van der Waals surface area contributed by atoms with Crippen LogP contribution >= 0.6 is 11.6 Å². The molecule has 0 N–H and O–H groups in total. The molecule has 0 unspecified atom stereocenters. The Labute approximate surface area is 115 Å². The lowest BCUT2D eigenvalue weighted by Crippen LogP contribution is -2.04. The molecule has 0 saturated heterocycles. The van der Waals surface area contributed by atoms with Crippen LogP contribution in [0.1, 0.15) is 5.56 Å². The fraction of sp³-hybridized carbons (Fsp3) is 0.0625. The van der Waals surface area contributed by atoms with Crippen molar-refractivity contribution in [3.63, 3.8) is 0 Å². The molecule has 0 bridgehead atoms. The number of hydrogen-bond acceptors (Lipinski definition) is 2. The summed E-state index contributed by atoms with van der Waals surface area (Å²) in [6, 6.07) is 12.8. The minimum atomic E-state index is -0.0608. The highest BCUT2D eigenvalue weighted by atomic mass is 35.5. The number of hydrogen-bond donors (Lipinski definition) is 0. The summed E-state index contributed by atoms with van der Waals surface area (Å²) in [5.41, 5.74) is 3.00. The average Bonchev–Trinajstić information content (AvgIpc) is 2.40. The summed E-state index contributed by atoms with van der Waals surface area (Å²) in [6.45, 7) is 1.99. The van der Waals surface area contributed by atoms with Gasteiger partial charge in [-0.2, -0.15) is 0 Å². The highest BCUT2D eigenvalue weighted by Crippen LogP contribution is 2.22. The molecular weight excluding hydrogens is 260 g/mol. The number of halogens is 1. The van der Waals surface area contributed by atoms with Crippen LogP contribution in [0.5, 0.6) is 0 Å². The second kappa shape index (κ2) is 4.56. The maximum atomic E-state index is 12.5. The Balaban J connectivity index is 2.31. The zero-order valence-corrected chi connectivity index (χ0v) is 11.1. The molecule has 0 spiro atoms. The first-order valence-corrected chi connectivity index (χ1v) is 6.31. The topological polar surface area (TPSA) is 30.2 Å². The molecule has 0 amide bonds. The molecule has 1 heterocycles. The van der Waals surface area contributed by atoms with Crippen LogP contribution in [0, 0.1) is 6.92 Å². The molecule has 0 fully saturated rings. The Hall–Kier alpha value is -2.06. The molecule has 2 nitrogen and oxygen atoms in total. The smallest absolute Gasteiger partial charge is 0.200 e. The van der Waals surface area contributed by atoms with Crippen molar-refractivity contribution >= 4 is 22.6 Å².